The summed E-state index contributed by atoms with van der Waals surface area (Å²) < 4.78 is 26.1. The highest BCUT2D eigenvalue weighted by atomic mass is 35.5. The van der Waals surface area contributed by atoms with Gasteiger partial charge in [0.15, 0.2) is 0 Å². The van der Waals surface area contributed by atoms with Crippen molar-refractivity contribution in [1.29, 1.82) is 0 Å². The van der Waals surface area contributed by atoms with E-state index >= 15 is 0 Å². The van der Waals surface area contributed by atoms with Crippen LogP contribution in [-0.2, 0) is 9.84 Å². The molecular formula is C26H16Cl2O4S3. The van der Waals surface area contributed by atoms with Gasteiger partial charge in [0.25, 0.3) is 10.5 Å². The Kier molecular flexibility index (Phi) is 8.04. The molecule has 0 bridgehead atoms. The van der Waals surface area contributed by atoms with E-state index in [1.165, 1.54) is 23.5 Å². The van der Waals surface area contributed by atoms with Gasteiger partial charge in [0.2, 0.25) is 9.84 Å². The van der Waals surface area contributed by atoms with Crippen molar-refractivity contribution in [3.8, 4) is 0 Å². The van der Waals surface area contributed by atoms with Gasteiger partial charge in [-0.25, -0.2) is 8.42 Å². The summed E-state index contributed by atoms with van der Waals surface area (Å²) in [7, 11) is -3.67. The largest absolute Gasteiger partial charge is 0.276 e. The zero-order valence-corrected chi connectivity index (χ0v) is 21.8. The highest BCUT2D eigenvalue weighted by Crippen LogP contribution is 2.32. The first kappa shape index (κ1) is 25.5. The summed E-state index contributed by atoms with van der Waals surface area (Å²) >= 11 is 13.8. The number of carbonyl (C=O) groups is 2. The second kappa shape index (κ2) is 11.0. The van der Waals surface area contributed by atoms with Gasteiger partial charge in [-0.2, -0.15) is 0 Å². The summed E-state index contributed by atoms with van der Waals surface area (Å²) in [6, 6.07) is 27.1. The fraction of sp³-hybridized carbons (Fsp3) is 0. The Morgan fingerprint density at radius 3 is 1.00 bits per heavy atom. The van der Waals surface area contributed by atoms with Gasteiger partial charge >= 0.3 is 0 Å². The first-order valence-corrected chi connectivity index (χ1v) is 14.0. The van der Waals surface area contributed by atoms with Crippen LogP contribution >= 0.6 is 46.7 Å². The van der Waals surface area contributed by atoms with Crippen LogP contribution in [0.2, 0.25) is 0 Å². The van der Waals surface area contributed by atoms with E-state index in [4.69, 9.17) is 23.2 Å². The third-order valence-electron chi connectivity index (χ3n) is 4.90. The van der Waals surface area contributed by atoms with Gasteiger partial charge in [0, 0.05) is 30.7 Å². The molecule has 0 aliphatic rings. The van der Waals surface area contributed by atoms with E-state index in [9.17, 15) is 18.0 Å². The third-order valence-corrected chi connectivity index (χ3v) is 9.16. The average Bonchev–Trinajstić information content (AvgIpc) is 2.85. The molecule has 0 saturated heterocycles. The number of rotatable bonds is 8. The Bertz CT molecular complexity index is 1360. The first-order chi connectivity index (χ1) is 16.7. The minimum Gasteiger partial charge on any atom is -0.276 e. The lowest BCUT2D eigenvalue weighted by molar-refractivity contribution is 0.107. The van der Waals surface area contributed by atoms with Gasteiger partial charge in [-0.05, 0) is 120 Å². The molecule has 0 heterocycles. The molecule has 4 nitrogen and oxygen atoms in total. The predicted molar refractivity (Wildman–Crippen MR) is 140 cm³/mol. The fourth-order valence-corrected chi connectivity index (χ4v) is 6.24. The van der Waals surface area contributed by atoms with Crippen LogP contribution in [-0.4, -0.2) is 18.9 Å². The van der Waals surface area contributed by atoms with Crippen molar-refractivity contribution in [1.82, 2.24) is 0 Å². The Hall–Kier alpha value is -2.55. The molecule has 0 fully saturated rings. The van der Waals surface area contributed by atoms with Crippen LogP contribution in [0.15, 0.2) is 126 Å². The lowest BCUT2D eigenvalue weighted by atomic mass is 10.2. The molecule has 0 aromatic heterocycles. The van der Waals surface area contributed by atoms with Gasteiger partial charge in [-0.3, -0.25) is 9.59 Å². The van der Waals surface area contributed by atoms with Crippen molar-refractivity contribution in [3.63, 3.8) is 0 Å². The molecule has 35 heavy (non-hydrogen) atoms. The van der Waals surface area contributed by atoms with E-state index in [2.05, 4.69) is 0 Å². The fourth-order valence-electron chi connectivity index (χ4n) is 3.09. The van der Waals surface area contributed by atoms with Gasteiger partial charge < -0.3 is 0 Å². The first-order valence-electron chi connectivity index (χ1n) is 10.1. The molecule has 0 unspecified atom stereocenters. The highest BCUT2D eigenvalue weighted by molar-refractivity contribution is 7.99. The van der Waals surface area contributed by atoms with Crippen molar-refractivity contribution in [2.24, 2.45) is 0 Å². The molecule has 4 aromatic carbocycles. The van der Waals surface area contributed by atoms with Crippen LogP contribution in [0.4, 0.5) is 0 Å². The lowest BCUT2D eigenvalue weighted by Crippen LogP contribution is -2.01. The molecule has 4 rings (SSSR count). The number of halogens is 2. The number of carbonyl (C=O) groups excluding carboxylic acids is 2. The lowest BCUT2D eigenvalue weighted by Gasteiger charge is -2.08. The topological polar surface area (TPSA) is 68.3 Å². The Morgan fingerprint density at radius 2 is 0.743 bits per heavy atom. The van der Waals surface area contributed by atoms with E-state index in [0.29, 0.717) is 11.1 Å². The second-order valence-electron chi connectivity index (χ2n) is 7.25. The Balaban J connectivity index is 1.44. The smallest absolute Gasteiger partial charge is 0.252 e. The summed E-state index contributed by atoms with van der Waals surface area (Å²) in [5.74, 6) is 0. The Morgan fingerprint density at radius 1 is 0.486 bits per heavy atom. The monoisotopic (exact) mass is 558 g/mol. The second-order valence-corrected chi connectivity index (χ2v) is 12.2. The van der Waals surface area contributed by atoms with E-state index in [1.54, 1.807) is 97.1 Å². The molecule has 0 spiro atoms. The maximum absolute atomic E-state index is 13.1. The van der Waals surface area contributed by atoms with Gasteiger partial charge in [-0.15, -0.1) is 0 Å². The van der Waals surface area contributed by atoms with Crippen LogP contribution in [0.1, 0.15) is 20.7 Å². The quantitative estimate of drug-likeness (QED) is 0.207. The van der Waals surface area contributed by atoms with Gasteiger partial charge in [-0.1, -0.05) is 23.5 Å². The molecule has 4 aromatic rings. The molecule has 0 N–H and O–H groups in total. The van der Waals surface area contributed by atoms with Crippen LogP contribution < -0.4 is 0 Å². The Labute approximate surface area is 221 Å². The number of benzene rings is 4. The molecular weight excluding hydrogens is 543 g/mol. The highest BCUT2D eigenvalue weighted by Gasteiger charge is 2.18. The molecule has 0 aliphatic carbocycles. The molecule has 0 amide bonds. The summed E-state index contributed by atoms with van der Waals surface area (Å²) in [5, 5.41) is -1.03. The van der Waals surface area contributed by atoms with E-state index < -0.39 is 20.3 Å². The maximum atomic E-state index is 13.1. The molecule has 0 radical (unpaired) electrons. The molecule has 0 aliphatic heterocycles. The van der Waals surface area contributed by atoms with E-state index in [1.807, 2.05) is 0 Å². The maximum Gasteiger partial charge on any atom is 0.252 e. The SMILES string of the molecule is O=C(Cl)c1ccc(Sc2ccc(S(=O)(=O)c3ccc(Sc4ccc(C(=O)Cl)cc4)cc3)cc2)cc1. The number of hydrogen-bond acceptors (Lipinski definition) is 6. The van der Waals surface area contributed by atoms with Crippen molar-refractivity contribution in [2.75, 3.05) is 0 Å². The standard InChI is InChI=1S/C26H16Cl2O4S3/c27-25(29)17-1-5-19(6-2-17)33-21-9-13-23(14-10-21)35(31,32)24-15-11-22(12-16-24)34-20-7-3-18(4-8-20)26(28)30/h1-16H. The minimum absolute atomic E-state index is 0.201. The minimum atomic E-state index is -3.67. The predicted octanol–water partition coefficient (Wildman–Crippen LogP) is 7.58. The normalized spacial score (nSPS) is 11.3. The van der Waals surface area contributed by atoms with Crippen molar-refractivity contribution in [3.05, 3.63) is 108 Å². The number of hydrogen-bond donors (Lipinski definition) is 0. The van der Waals surface area contributed by atoms with Crippen molar-refractivity contribution in [2.45, 2.75) is 29.4 Å². The van der Waals surface area contributed by atoms with Gasteiger partial charge in [0.1, 0.15) is 0 Å². The summed E-state index contributed by atoms with van der Waals surface area (Å²) in [6.45, 7) is 0. The van der Waals surface area contributed by atoms with Crippen LogP contribution in [0.3, 0.4) is 0 Å². The van der Waals surface area contributed by atoms with Crippen LogP contribution in [0.5, 0.6) is 0 Å². The van der Waals surface area contributed by atoms with Crippen LogP contribution in [0, 0.1) is 0 Å². The summed E-state index contributed by atoms with van der Waals surface area (Å²) in [5.41, 5.74) is 0.838. The number of sulfone groups is 1. The third kappa shape index (κ3) is 6.37. The zero-order valence-electron chi connectivity index (χ0n) is 17.9. The van der Waals surface area contributed by atoms with Gasteiger partial charge in [0.05, 0.1) is 9.79 Å². The average molecular weight is 560 g/mol. The summed E-state index contributed by atoms with van der Waals surface area (Å²) in [4.78, 5) is 26.3. The molecule has 0 atom stereocenters. The molecule has 9 heteroatoms. The van der Waals surface area contributed by atoms with E-state index in [-0.39, 0.29) is 9.79 Å². The van der Waals surface area contributed by atoms with Crippen molar-refractivity contribution >= 4 is 67.0 Å². The molecule has 0 saturated carbocycles. The van der Waals surface area contributed by atoms with Crippen LogP contribution in [0.25, 0.3) is 0 Å². The van der Waals surface area contributed by atoms with E-state index in [0.717, 1.165) is 19.6 Å². The summed E-state index contributed by atoms with van der Waals surface area (Å²) in [6.07, 6.45) is 0. The molecule has 176 valence electrons. The zero-order chi connectivity index (χ0) is 25.0. The van der Waals surface area contributed by atoms with Crippen molar-refractivity contribution < 1.29 is 18.0 Å².